The van der Waals surface area contributed by atoms with E-state index in [9.17, 15) is 4.79 Å². The van der Waals surface area contributed by atoms with E-state index in [0.29, 0.717) is 11.0 Å². The van der Waals surface area contributed by atoms with Crippen molar-refractivity contribution in [2.24, 2.45) is 0 Å². The molecule has 23 heavy (non-hydrogen) atoms. The molecule has 9 heteroatoms. The van der Waals surface area contributed by atoms with Crippen LogP contribution in [0.1, 0.15) is 0 Å². The third-order valence-electron chi connectivity index (χ3n) is 2.86. The Morgan fingerprint density at radius 3 is 3.00 bits per heavy atom. The molecule has 0 bridgehead atoms. The van der Waals surface area contributed by atoms with Gasteiger partial charge >= 0.3 is 0 Å². The van der Waals surface area contributed by atoms with Crippen molar-refractivity contribution in [3.63, 3.8) is 0 Å². The lowest BCUT2D eigenvalue weighted by molar-refractivity contribution is -0.118. The maximum atomic E-state index is 11.8. The molecule has 0 spiro atoms. The summed E-state index contributed by atoms with van der Waals surface area (Å²) in [7, 11) is 1.51. The number of methoxy groups -OCH3 is 1. The third kappa shape index (κ3) is 3.89. The van der Waals surface area contributed by atoms with Crippen LogP contribution in [0.25, 0.3) is 11.0 Å². The highest BCUT2D eigenvalue weighted by Crippen LogP contribution is 2.18. The largest absolute Gasteiger partial charge is 0.481 e. The van der Waals surface area contributed by atoms with Gasteiger partial charge in [0.25, 0.3) is 0 Å². The van der Waals surface area contributed by atoms with Gasteiger partial charge < -0.3 is 9.72 Å². The van der Waals surface area contributed by atoms with Gasteiger partial charge in [-0.2, -0.15) is 4.98 Å². The number of rotatable bonds is 6. The standard InChI is InChI=1S/C14H14N6O2S/c1-22-12-6-7-15-13(18-12)20-19-11(21)8-23-14-16-9-4-2-3-5-10(9)17-14/h2-7H,8H2,1H3,(H,16,17)(H,19,21)(H,15,18,20). The number of ether oxygens (including phenoxy) is 1. The van der Waals surface area contributed by atoms with Gasteiger partial charge in [0.15, 0.2) is 5.16 Å². The van der Waals surface area contributed by atoms with E-state index < -0.39 is 0 Å². The molecular formula is C14H14N6O2S. The predicted molar refractivity (Wildman–Crippen MR) is 87.2 cm³/mol. The molecule has 0 atom stereocenters. The molecule has 8 nitrogen and oxygen atoms in total. The van der Waals surface area contributed by atoms with Crippen LogP contribution in [0.4, 0.5) is 5.95 Å². The molecule has 3 rings (SSSR count). The van der Waals surface area contributed by atoms with Gasteiger partial charge in [-0.3, -0.25) is 15.6 Å². The molecule has 0 aliphatic carbocycles. The fourth-order valence-electron chi connectivity index (χ4n) is 1.81. The number of fused-ring (bicyclic) bond motifs is 1. The van der Waals surface area contributed by atoms with Gasteiger partial charge in [-0.25, -0.2) is 9.97 Å². The number of nitrogens with zero attached hydrogens (tertiary/aromatic N) is 3. The average molecular weight is 330 g/mol. The Balaban J connectivity index is 1.51. The highest BCUT2D eigenvalue weighted by Gasteiger charge is 2.07. The zero-order valence-corrected chi connectivity index (χ0v) is 13.1. The number of carbonyl (C=O) groups excluding carboxylic acids is 1. The first-order chi connectivity index (χ1) is 11.2. The average Bonchev–Trinajstić information content (AvgIpc) is 3.01. The molecule has 0 saturated carbocycles. The maximum Gasteiger partial charge on any atom is 0.248 e. The van der Waals surface area contributed by atoms with Crippen molar-refractivity contribution in [2.45, 2.75) is 5.16 Å². The Morgan fingerprint density at radius 2 is 2.17 bits per heavy atom. The molecule has 2 heterocycles. The van der Waals surface area contributed by atoms with E-state index in [-0.39, 0.29) is 17.6 Å². The Hall–Kier alpha value is -2.81. The summed E-state index contributed by atoms with van der Waals surface area (Å²) in [6.07, 6.45) is 1.53. The summed E-state index contributed by atoms with van der Waals surface area (Å²) in [6, 6.07) is 9.32. The van der Waals surface area contributed by atoms with Gasteiger partial charge in [0, 0.05) is 12.3 Å². The smallest absolute Gasteiger partial charge is 0.248 e. The van der Waals surface area contributed by atoms with Crippen LogP contribution in [-0.2, 0) is 4.79 Å². The van der Waals surface area contributed by atoms with Gasteiger partial charge in [-0.15, -0.1) is 0 Å². The molecule has 118 valence electrons. The topological polar surface area (TPSA) is 105 Å². The fraction of sp³-hybridized carbons (Fsp3) is 0.143. The lowest BCUT2D eigenvalue weighted by atomic mass is 10.3. The Bertz CT molecular complexity index is 789. The Labute approximate surface area is 136 Å². The second kappa shape index (κ2) is 6.97. The molecule has 0 saturated heterocycles. The molecule has 0 radical (unpaired) electrons. The summed E-state index contributed by atoms with van der Waals surface area (Å²) < 4.78 is 4.98. The number of aromatic amines is 1. The minimum absolute atomic E-state index is 0.205. The van der Waals surface area contributed by atoms with Gasteiger partial charge in [-0.05, 0) is 12.1 Å². The summed E-state index contributed by atoms with van der Waals surface area (Å²) in [5.41, 5.74) is 6.97. The molecule has 0 fully saturated rings. The number of imidazole rings is 1. The number of benzene rings is 1. The normalized spacial score (nSPS) is 10.5. The molecule has 1 amide bonds. The SMILES string of the molecule is COc1ccnc(NNC(=O)CSc2nc3ccccc3[nH]2)n1. The molecular weight excluding hydrogens is 316 g/mol. The first kappa shape index (κ1) is 15.1. The van der Waals surface area contributed by atoms with Crippen LogP contribution in [0, 0.1) is 0 Å². The third-order valence-corrected chi connectivity index (χ3v) is 3.73. The molecule has 2 aromatic heterocycles. The number of hydrogen-bond donors (Lipinski definition) is 3. The summed E-state index contributed by atoms with van der Waals surface area (Å²) in [6.45, 7) is 0. The van der Waals surface area contributed by atoms with Gasteiger partial charge in [-0.1, -0.05) is 23.9 Å². The molecule has 0 aliphatic heterocycles. The molecule has 3 aromatic rings. The van der Waals surface area contributed by atoms with Crippen LogP contribution in [-0.4, -0.2) is 38.7 Å². The first-order valence-corrected chi connectivity index (χ1v) is 7.72. The van der Waals surface area contributed by atoms with Crippen molar-refractivity contribution in [1.82, 2.24) is 25.4 Å². The van der Waals surface area contributed by atoms with E-state index in [1.165, 1.54) is 25.1 Å². The van der Waals surface area contributed by atoms with Gasteiger partial charge in [0.2, 0.25) is 17.7 Å². The van der Waals surface area contributed by atoms with Gasteiger partial charge in [0.1, 0.15) is 0 Å². The van der Waals surface area contributed by atoms with Crippen LogP contribution >= 0.6 is 11.8 Å². The molecule has 3 N–H and O–H groups in total. The highest BCUT2D eigenvalue weighted by atomic mass is 32.2. The van der Waals surface area contributed by atoms with Gasteiger partial charge in [0.05, 0.1) is 23.9 Å². The second-order valence-electron chi connectivity index (χ2n) is 4.44. The predicted octanol–water partition coefficient (Wildman–Crippen LogP) is 1.60. The highest BCUT2D eigenvalue weighted by molar-refractivity contribution is 7.99. The zero-order valence-electron chi connectivity index (χ0n) is 12.2. The van der Waals surface area contributed by atoms with Crippen molar-refractivity contribution in [3.8, 4) is 5.88 Å². The lowest BCUT2D eigenvalue weighted by Crippen LogP contribution is -2.31. The summed E-state index contributed by atoms with van der Waals surface area (Å²) in [4.78, 5) is 27.4. The van der Waals surface area contributed by atoms with Crippen LogP contribution < -0.4 is 15.6 Å². The van der Waals surface area contributed by atoms with E-state index in [4.69, 9.17) is 4.74 Å². The first-order valence-electron chi connectivity index (χ1n) is 6.74. The van der Waals surface area contributed by atoms with Crippen molar-refractivity contribution < 1.29 is 9.53 Å². The number of nitrogens with one attached hydrogen (secondary N) is 3. The number of H-pyrrole nitrogens is 1. The summed E-state index contributed by atoms with van der Waals surface area (Å²) in [5, 5.41) is 0.694. The summed E-state index contributed by atoms with van der Waals surface area (Å²) >= 11 is 1.31. The monoisotopic (exact) mass is 330 g/mol. The number of hydrogen-bond acceptors (Lipinski definition) is 7. The number of hydrazine groups is 1. The van der Waals surface area contributed by atoms with E-state index in [1.54, 1.807) is 6.07 Å². The Kier molecular flexibility index (Phi) is 4.57. The molecule has 0 aliphatic rings. The summed E-state index contributed by atoms with van der Waals surface area (Å²) in [5.74, 6) is 0.651. The van der Waals surface area contributed by atoms with Crippen LogP contribution in [0.2, 0.25) is 0 Å². The van der Waals surface area contributed by atoms with Crippen molar-refractivity contribution in [2.75, 3.05) is 18.3 Å². The molecule has 1 aromatic carbocycles. The second-order valence-corrected chi connectivity index (χ2v) is 5.41. The van der Waals surface area contributed by atoms with E-state index in [2.05, 4.69) is 30.8 Å². The number of carbonyl (C=O) groups is 1. The minimum Gasteiger partial charge on any atom is -0.481 e. The Morgan fingerprint density at radius 1 is 1.30 bits per heavy atom. The van der Waals surface area contributed by atoms with E-state index in [0.717, 1.165) is 11.0 Å². The zero-order chi connectivity index (χ0) is 16.1. The number of amides is 1. The van der Waals surface area contributed by atoms with E-state index >= 15 is 0 Å². The quantitative estimate of drug-likeness (QED) is 0.466. The molecule has 0 unspecified atom stereocenters. The number of thioether (sulfide) groups is 1. The van der Waals surface area contributed by atoms with Crippen molar-refractivity contribution in [3.05, 3.63) is 36.5 Å². The van der Waals surface area contributed by atoms with Crippen LogP contribution in [0.15, 0.2) is 41.7 Å². The van der Waals surface area contributed by atoms with Crippen molar-refractivity contribution >= 4 is 34.7 Å². The fourth-order valence-corrected chi connectivity index (χ4v) is 2.49. The number of aromatic nitrogens is 4. The van der Waals surface area contributed by atoms with E-state index in [1.807, 2.05) is 24.3 Å². The number of para-hydroxylation sites is 2. The minimum atomic E-state index is -0.220. The van der Waals surface area contributed by atoms with Crippen LogP contribution in [0.3, 0.4) is 0 Å². The van der Waals surface area contributed by atoms with Crippen LogP contribution in [0.5, 0.6) is 5.88 Å². The number of anilines is 1. The van der Waals surface area contributed by atoms with Crippen molar-refractivity contribution in [1.29, 1.82) is 0 Å². The maximum absolute atomic E-state index is 11.8. The lowest BCUT2D eigenvalue weighted by Gasteiger charge is -2.06.